The Kier molecular flexibility index (Phi) is 3.30. The van der Waals surface area contributed by atoms with Crippen molar-refractivity contribution in [1.82, 2.24) is 10.3 Å². The minimum Gasteiger partial charge on any atom is -0.309 e. The summed E-state index contributed by atoms with van der Waals surface area (Å²) < 4.78 is 0. The zero-order valence-corrected chi connectivity index (χ0v) is 13.5. The van der Waals surface area contributed by atoms with Crippen molar-refractivity contribution in [1.29, 1.82) is 0 Å². The Bertz CT molecular complexity index is 541. The summed E-state index contributed by atoms with van der Waals surface area (Å²) in [5, 5.41) is 9.21. The van der Waals surface area contributed by atoms with E-state index in [9.17, 15) is 4.79 Å². The van der Waals surface area contributed by atoms with Gasteiger partial charge in [0.15, 0.2) is 5.13 Å². The molecule has 4 rings (SSSR count). The molecule has 0 radical (unpaired) electrons. The highest BCUT2D eigenvalue weighted by atomic mass is 32.1. The van der Waals surface area contributed by atoms with Crippen molar-refractivity contribution in [3.8, 4) is 0 Å². The highest BCUT2D eigenvalue weighted by Gasteiger charge is 2.67. The van der Waals surface area contributed by atoms with Crippen molar-refractivity contribution in [3.63, 3.8) is 0 Å². The van der Waals surface area contributed by atoms with E-state index in [2.05, 4.69) is 29.5 Å². The molecule has 2 bridgehead atoms. The third kappa shape index (κ3) is 2.21. The fourth-order valence-corrected chi connectivity index (χ4v) is 5.62. The van der Waals surface area contributed by atoms with Gasteiger partial charge >= 0.3 is 0 Å². The van der Waals surface area contributed by atoms with Crippen molar-refractivity contribution >= 4 is 22.4 Å². The van der Waals surface area contributed by atoms with Crippen molar-refractivity contribution in [2.45, 2.75) is 39.2 Å². The molecule has 2 N–H and O–H groups in total. The summed E-state index contributed by atoms with van der Waals surface area (Å²) in [5.41, 5.74) is 1.02. The SMILES string of the molecule is CCNC(C)c1csc(NC(=O)C2C3C4CCC(C4)C23)n1. The van der Waals surface area contributed by atoms with Gasteiger partial charge in [-0.3, -0.25) is 4.79 Å². The van der Waals surface area contributed by atoms with Crippen LogP contribution in [-0.4, -0.2) is 17.4 Å². The third-order valence-electron chi connectivity index (χ3n) is 5.74. The van der Waals surface area contributed by atoms with Crippen LogP contribution in [0.5, 0.6) is 0 Å². The van der Waals surface area contributed by atoms with E-state index >= 15 is 0 Å². The number of amides is 1. The van der Waals surface area contributed by atoms with Gasteiger partial charge in [-0.2, -0.15) is 0 Å². The zero-order valence-electron chi connectivity index (χ0n) is 12.6. The third-order valence-corrected chi connectivity index (χ3v) is 6.52. The van der Waals surface area contributed by atoms with Crippen LogP contribution in [0.3, 0.4) is 0 Å². The number of fused-ring (bicyclic) bond motifs is 5. The molecule has 0 aliphatic heterocycles. The van der Waals surface area contributed by atoms with Crippen LogP contribution in [0.1, 0.15) is 44.8 Å². The highest BCUT2D eigenvalue weighted by molar-refractivity contribution is 7.13. The average molecular weight is 305 g/mol. The largest absolute Gasteiger partial charge is 0.309 e. The number of hydrogen-bond acceptors (Lipinski definition) is 4. The number of rotatable bonds is 5. The van der Waals surface area contributed by atoms with Crippen molar-refractivity contribution in [2.24, 2.45) is 29.6 Å². The van der Waals surface area contributed by atoms with E-state index in [0.717, 1.165) is 29.2 Å². The van der Waals surface area contributed by atoms with Gasteiger partial charge in [0.2, 0.25) is 5.91 Å². The monoisotopic (exact) mass is 305 g/mol. The van der Waals surface area contributed by atoms with Gasteiger partial charge in [0.1, 0.15) is 0 Å². The van der Waals surface area contributed by atoms with Crippen LogP contribution in [0.15, 0.2) is 5.38 Å². The van der Waals surface area contributed by atoms with Gasteiger partial charge in [-0.05, 0) is 56.4 Å². The van der Waals surface area contributed by atoms with Crippen LogP contribution < -0.4 is 10.6 Å². The average Bonchev–Trinajstić information content (AvgIpc) is 2.84. The van der Waals surface area contributed by atoms with E-state index < -0.39 is 0 Å². The lowest BCUT2D eigenvalue weighted by Crippen LogP contribution is -2.19. The van der Waals surface area contributed by atoms with Gasteiger partial charge in [-0.15, -0.1) is 11.3 Å². The second kappa shape index (κ2) is 5.06. The minimum atomic E-state index is 0.221. The fraction of sp³-hybridized carbons (Fsp3) is 0.750. The molecule has 0 saturated heterocycles. The molecule has 114 valence electrons. The minimum absolute atomic E-state index is 0.221. The molecule has 3 fully saturated rings. The van der Waals surface area contributed by atoms with Crippen molar-refractivity contribution in [3.05, 3.63) is 11.1 Å². The summed E-state index contributed by atoms with van der Waals surface area (Å²) in [4.78, 5) is 17.0. The number of nitrogens with zero attached hydrogens (tertiary/aromatic N) is 1. The van der Waals surface area contributed by atoms with E-state index in [1.807, 2.05) is 5.38 Å². The quantitative estimate of drug-likeness (QED) is 0.879. The number of hydrogen-bond donors (Lipinski definition) is 2. The molecule has 1 amide bonds. The molecule has 3 aliphatic carbocycles. The van der Waals surface area contributed by atoms with Crippen LogP contribution in [0.25, 0.3) is 0 Å². The Labute approximate surface area is 129 Å². The summed E-state index contributed by atoms with van der Waals surface area (Å²) in [6.45, 7) is 5.12. The summed E-state index contributed by atoms with van der Waals surface area (Å²) in [5.74, 6) is 3.59. The summed E-state index contributed by atoms with van der Waals surface area (Å²) in [6.07, 6.45) is 4.11. The normalized spacial score (nSPS) is 37.3. The Hall–Kier alpha value is -0.940. The second-order valence-corrected chi connectivity index (χ2v) is 7.72. The number of carbonyl (C=O) groups excluding carboxylic acids is 1. The van der Waals surface area contributed by atoms with Crippen molar-refractivity contribution in [2.75, 3.05) is 11.9 Å². The maximum Gasteiger partial charge on any atom is 0.229 e. The van der Waals surface area contributed by atoms with E-state index in [0.29, 0.717) is 11.8 Å². The number of thiazole rings is 1. The first kappa shape index (κ1) is 13.7. The van der Waals surface area contributed by atoms with Crippen LogP contribution in [0.4, 0.5) is 5.13 Å². The van der Waals surface area contributed by atoms with Gasteiger partial charge in [0.25, 0.3) is 0 Å². The molecule has 21 heavy (non-hydrogen) atoms. The maximum atomic E-state index is 12.5. The van der Waals surface area contributed by atoms with E-state index in [4.69, 9.17) is 0 Å². The molecule has 3 saturated carbocycles. The Morgan fingerprint density at radius 3 is 2.81 bits per heavy atom. The van der Waals surface area contributed by atoms with Crippen molar-refractivity contribution < 1.29 is 4.79 Å². The Morgan fingerprint density at radius 1 is 1.43 bits per heavy atom. The first-order valence-corrected chi connectivity index (χ1v) is 9.06. The van der Waals surface area contributed by atoms with Gasteiger partial charge in [-0.1, -0.05) is 6.92 Å². The number of anilines is 1. The Balaban J connectivity index is 1.38. The van der Waals surface area contributed by atoms with Gasteiger partial charge in [0, 0.05) is 17.3 Å². The molecular weight excluding hydrogens is 282 g/mol. The number of nitrogens with one attached hydrogen (secondary N) is 2. The molecule has 4 nitrogen and oxygen atoms in total. The van der Waals surface area contributed by atoms with E-state index in [1.165, 1.54) is 30.6 Å². The number of aromatic nitrogens is 1. The molecule has 5 atom stereocenters. The smallest absolute Gasteiger partial charge is 0.229 e. The molecule has 5 unspecified atom stereocenters. The number of carbonyl (C=O) groups is 1. The van der Waals surface area contributed by atoms with Crippen LogP contribution >= 0.6 is 11.3 Å². The fourth-order valence-electron chi connectivity index (χ4n) is 4.82. The second-order valence-electron chi connectivity index (χ2n) is 6.86. The first-order chi connectivity index (χ1) is 10.2. The van der Waals surface area contributed by atoms with Gasteiger partial charge in [0.05, 0.1) is 5.69 Å². The summed E-state index contributed by atoms with van der Waals surface area (Å²) in [6, 6.07) is 0.244. The summed E-state index contributed by atoms with van der Waals surface area (Å²) in [7, 11) is 0. The van der Waals surface area contributed by atoms with Gasteiger partial charge < -0.3 is 10.6 Å². The van der Waals surface area contributed by atoms with Crippen LogP contribution in [-0.2, 0) is 4.79 Å². The standard InChI is InChI=1S/C16H23N3OS/c1-3-17-8(2)11-7-21-16(18-11)19-15(20)14-12-9-4-5-10(6-9)13(12)14/h7-10,12-14,17H,3-6H2,1-2H3,(H,18,19,20). The molecule has 0 spiro atoms. The molecular formula is C16H23N3OS. The molecule has 1 aromatic rings. The maximum absolute atomic E-state index is 12.5. The molecule has 5 heteroatoms. The Morgan fingerprint density at radius 2 is 2.14 bits per heavy atom. The molecule has 1 aromatic heterocycles. The molecule has 0 aromatic carbocycles. The van der Waals surface area contributed by atoms with E-state index in [-0.39, 0.29) is 17.9 Å². The lowest BCUT2D eigenvalue weighted by molar-refractivity contribution is -0.118. The zero-order chi connectivity index (χ0) is 14.6. The van der Waals surface area contributed by atoms with Crippen LogP contribution in [0, 0.1) is 29.6 Å². The predicted octanol–water partition coefficient (Wildman–Crippen LogP) is 3.04. The summed E-state index contributed by atoms with van der Waals surface area (Å²) >= 11 is 1.54. The predicted molar refractivity (Wildman–Crippen MR) is 84.1 cm³/mol. The first-order valence-electron chi connectivity index (χ1n) is 8.18. The van der Waals surface area contributed by atoms with E-state index in [1.54, 1.807) is 0 Å². The lowest BCUT2D eigenvalue weighted by atomic mass is 10.0. The lowest BCUT2D eigenvalue weighted by Gasteiger charge is -2.09. The molecule has 1 heterocycles. The van der Waals surface area contributed by atoms with Gasteiger partial charge in [-0.25, -0.2) is 4.98 Å². The molecule has 3 aliphatic rings. The highest BCUT2D eigenvalue weighted by Crippen LogP contribution is 2.69. The van der Waals surface area contributed by atoms with Crippen LogP contribution in [0.2, 0.25) is 0 Å². The topological polar surface area (TPSA) is 54.0 Å².